The second-order valence-electron chi connectivity index (χ2n) is 44.1. The number of pyridine rings is 2. The summed E-state index contributed by atoms with van der Waals surface area (Å²) >= 11 is 2.21. The van der Waals surface area contributed by atoms with E-state index in [0.717, 1.165) is 130 Å². The highest BCUT2D eigenvalue weighted by atomic mass is 127. The zero-order valence-corrected chi connectivity index (χ0v) is 83.9. The van der Waals surface area contributed by atoms with Crippen molar-refractivity contribution in [2.45, 2.75) is 289 Å². The van der Waals surface area contributed by atoms with Gasteiger partial charge in [-0.3, -0.25) is 9.97 Å². The lowest BCUT2D eigenvalue weighted by Gasteiger charge is -2.63. The molecule has 0 spiro atoms. The molecule has 8 fully saturated rings. The zero-order valence-electron chi connectivity index (χ0n) is 81.8. The van der Waals surface area contributed by atoms with Gasteiger partial charge < -0.3 is 67.4 Å². The van der Waals surface area contributed by atoms with E-state index in [1.807, 2.05) is 74.8 Å². The Balaban J connectivity index is 0.000000139. The summed E-state index contributed by atoms with van der Waals surface area (Å²) in [5.74, 6) is 13.0. The predicted octanol–water partition coefficient (Wildman–Crippen LogP) is 25.6. The van der Waals surface area contributed by atoms with Crippen molar-refractivity contribution in [1.29, 1.82) is 0 Å². The van der Waals surface area contributed by atoms with E-state index in [1.54, 1.807) is 56.9 Å². The summed E-state index contributed by atoms with van der Waals surface area (Å²) in [6.07, 6.45) is 28.1. The van der Waals surface area contributed by atoms with E-state index < -0.39 is 11.2 Å². The molecule has 2 aliphatic heterocycles. The van der Waals surface area contributed by atoms with Gasteiger partial charge in [0.1, 0.15) is 28.7 Å². The number of aromatic nitrogens is 2. The number of hydrogen-bond donors (Lipinski definition) is 3. The lowest BCUT2D eigenvalue weighted by Crippen LogP contribution is -2.59. The van der Waals surface area contributed by atoms with Crippen LogP contribution in [0.1, 0.15) is 273 Å². The minimum atomic E-state index is -0.710. The number of nitrogens with zero attached hydrogens (tertiary/aromatic N) is 2. The third-order valence-electron chi connectivity index (χ3n) is 35.3. The summed E-state index contributed by atoms with van der Waals surface area (Å²) in [5, 5.41) is 34.0. The number of rotatable bonds is 12. The van der Waals surface area contributed by atoms with E-state index in [-0.39, 0.29) is 40.1 Å². The SMILES string of the molecule is CC1(C)CCC[C@]2(C)[C@@H](CO)[C@](C)(O)CC[C@@H]12.COc1cc(OC)c2c(c1)[C@]1(C)CC[C@H]3C(C)(C)CCC[C@]3(C)[C@H]1CO2.COc1cc(OC)c2c(c1)[C@]1(C)CC[C@H]3C(C)(C)CCC[C@]3(C)[C@H]1CO2.COc1ccc(I)c(OC)c1.COc1ccc(OC[C@@H]2[C@@]3(C)CCCC(C)(C)[C@@H]3CC[C@@]2(C)O)c(OC)c1.Cc1cnc2c(ccc3c(C)c(C)cnc32)c1C. The molecule has 10 aliphatic rings. The van der Waals surface area contributed by atoms with E-state index in [0.29, 0.717) is 74.3 Å². The maximum atomic E-state index is 11.3. The number of aryl methyl sites for hydroxylation is 4. The standard InChI is InChI=1S/C23H36O4.2C23H34O3.C16H16N2.C15H28O2.C8H9IO2/c1-21(2)11-7-12-22(3)19(21)10-13-23(4,24)20(22)15-27-17-9-8-16(25-5)14-18(17)26-6;2*1-21(2)9-7-10-23(4)18(21)8-11-22(3)16-12-15(24-5)13-17(25-6)20(16)26-14-19(22)23;1-9-7-17-15-13(11(9)3)5-6-14-12(4)10(2)8-18-16(14)15;1-13(2)7-5-8-14(3)11(13)6-9-15(4,17)12(14)10-16;1-10-6-3-4-7(9)8(5-6)11-2/h8-9,14,19-20,24H,7,10-13,15H2,1-6H3;2*12-13,18-19H,7-11,14H2,1-6H3;5-8H,1-4H3;11-12,16-17H,5-10H2,1-4H3;3-5H,1-2H3/t19-,20+,22-,23+;2*18-,19-,22-,23-;;11-,12+,14-,15+;/m000.0./s1. The molecule has 0 unspecified atom stereocenters. The van der Waals surface area contributed by atoms with Crippen molar-refractivity contribution in [3.63, 3.8) is 0 Å². The third-order valence-corrected chi connectivity index (χ3v) is 36.2. The van der Waals surface area contributed by atoms with Crippen molar-refractivity contribution >= 4 is 44.4 Å². The van der Waals surface area contributed by atoms with Gasteiger partial charge in [-0.2, -0.15) is 0 Å². The molecule has 17 heteroatoms. The van der Waals surface area contributed by atoms with E-state index in [2.05, 4.69) is 181 Å². The van der Waals surface area contributed by atoms with Crippen LogP contribution in [0.5, 0.6) is 63.2 Å². The molecule has 16 nitrogen and oxygen atoms in total. The summed E-state index contributed by atoms with van der Waals surface area (Å²) in [4.78, 5) is 9.16. The Hall–Kier alpha value is -6.67. The minimum absolute atomic E-state index is 0.0355. The molecule has 3 N–H and O–H groups in total. The molecule has 16 atom stereocenters. The van der Waals surface area contributed by atoms with Crippen LogP contribution in [0.3, 0.4) is 0 Å². The third kappa shape index (κ3) is 18.4. The van der Waals surface area contributed by atoms with Gasteiger partial charge in [0, 0.05) is 99.7 Å². The molecule has 0 amide bonds. The maximum absolute atomic E-state index is 11.3. The van der Waals surface area contributed by atoms with Crippen molar-refractivity contribution in [3.05, 3.63) is 122 Å². The Morgan fingerprint density at radius 1 is 0.368 bits per heavy atom. The maximum Gasteiger partial charge on any atom is 0.165 e. The van der Waals surface area contributed by atoms with Gasteiger partial charge in [0.25, 0.3) is 0 Å². The molecule has 0 saturated heterocycles. The highest BCUT2D eigenvalue weighted by Gasteiger charge is 2.64. The topological polar surface area (TPSA) is 188 Å². The van der Waals surface area contributed by atoms with Crippen molar-refractivity contribution in [1.82, 2.24) is 9.97 Å². The number of methoxy groups -OCH3 is 8. The molecule has 125 heavy (non-hydrogen) atoms. The second kappa shape index (κ2) is 37.3. The van der Waals surface area contributed by atoms with Gasteiger partial charge in [0.2, 0.25) is 0 Å². The molecule has 7 aromatic rings. The predicted molar refractivity (Wildman–Crippen MR) is 514 cm³/mol. The summed E-state index contributed by atoms with van der Waals surface area (Å²) in [7, 11) is 13.5. The molecular weight excluding hydrogens is 1680 g/mol. The first-order chi connectivity index (χ1) is 58.8. The quantitative estimate of drug-likeness (QED) is 0.0773. The van der Waals surface area contributed by atoms with Crippen molar-refractivity contribution in [3.8, 4) is 63.2 Å². The van der Waals surface area contributed by atoms with E-state index in [1.165, 1.54) is 134 Å². The molecular formula is C108H157IN2O14. The summed E-state index contributed by atoms with van der Waals surface area (Å²) in [5.41, 5.74) is 10.9. The average molecular weight is 1830 g/mol. The van der Waals surface area contributed by atoms with E-state index >= 15 is 0 Å². The smallest absolute Gasteiger partial charge is 0.165 e. The van der Waals surface area contributed by atoms with Crippen LogP contribution in [-0.2, 0) is 10.8 Å². The summed E-state index contributed by atoms with van der Waals surface area (Å²) in [6.45, 7) is 48.8. The number of aliphatic hydroxyl groups is 3. The molecule has 8 aliphatic carbocycles. The van der Waals surface area contributed by atoms with Gasteiger partial charge in [0.05, 0.1) is 103 Å². The molecule has 0 bridgehead atoms. The van der Waals surface area contributed by atoms with Crippen LogP contribution in [-0.4, -0.2) is 120 Å². The molecule has 4 heterocycles. The fourth-order valence-corrected chi connectivity index (χ4v) is 28.7. The van der Waals surface area contributed by atoms with Crippen molar-refractivity contribution in [2.24, 2.45) is 90.7 Å². The highest BCUT2D eigenvalue weighted by Crippen LogP contribution is 2.71. The Morgan fingerprint density at radius 2 is 0.712 bits per heavy atom. The molecule has 2 aromatic heterocycles. The average Bonchev–Trinajstić information content (AvgIpc) is 0.703. The van der Waals surface area contributed by atoms with Crippen molar-refractivity contribution in [2.75, 3.05) is 83.3 Å². The van der Waals surface area contributed by atoms with Gasteiger partial charge >= 0.3 is 0 Å². The van der Waals surface area contributed by atoms with E-state index in [4.69, 9.17) is 52.1 Å². The van der Waals surface area contributed by atoms with Crippen LogP contribution in [0.2, 0.25) is 0 Å². The molecule has 5 aromatic carbocycles. The van der Waals surface area contributed by atoms with Gasteiger partial charge in [0.15, 0.2) is 34.5 Å². The molecule has 0 radical (unpaired) electrons. The second-order valence-corrected chi connectivity index (χ2v) is 45.2. The fourth-order valence-electron chi connectivity index (χ4n) is 28.1. The Kier molecular flexibility index (Phi) is 29.1. The number of halogens is 1. The molecule has 17 rings (SSSR count). The number of aliphatic hydroxyl groups excluding tert-OH is 1. The van der Waals surface area contributed by atoms with Crippen LogP contribution >= 0.6 is 22.6 Å². The largest absolute Gasteiger partial charge is 0.497 e. The number of fused-ring (bicyclic) bond motifs is 15. The first kappa shape index (κ1) is 97.4. The van der Waals surface area contributed by atoms with Gasteiger partial charge in [-0.1, -0.05) is 135 Å². The Morgan fingerprint density at radius 3 is 1.10 bits per heavy atom. The van der Waals surface area contributed by atoms with Crippen LogP contribution < -0.4 is 52.1 Å². The Labute approximate surface area is 765 Å². The zero-order chi connectivity index (χ0) is 91.4. The lowest BCUT2D eigenvalue weighted by molar-refractivity contribution is -0.178. The van der Waals surface area contributed by atoms with Crippen molar-refractivity contribution < 1.29 is 67.4 Å². The van der Waals surface area contributed by atoms with Crippen LogP contribution in [0.15, 0.2) is 85.2 Å². The highest BCUT2D eigenvalue weighted by molar-refractivity contribution is 14.1. The molecule has 690 valence electrons. The number of hydrogen-bond acceptors (Lipinski definition) is 16. The number of benzene rings is 5. The van der Waals surface area contributed by atoms with Gasteiger partial charge in [-0.25, -0.2) is 0 Å². The first-order valence-electron chi connectivity index (χ1n) is 46.9. The van der Waals surface area contributed by atoms with E-state index in [9.17, 15) is 15.3 Å². The van der Waals surface area contributed by atoms with Crippen LogP contribution in [0.4, 0.5) is 0 Å². The van der Waals surface area contributed by atoms with Gasteiger partial charge in [-0.15, -0.1) is 0 Å². The summed E-state index contributed by atoms with van der Waals surface area (Å²) in [6, 6.07) is 23.9. The summed E-state index contributed by atoms with van der Waals surface area (Å²) < 4.78 is 63.4. The minimum Gasteiger partial charge on any atom is -0.497 e. The first-order valence-corrected chi connectivity index (χ1v) is 48.0. The Bertz CT molecular complexity index is 4740. The van der Waals surface area contributed by atoms with Crippen LogP contribution in [0.25, 0.3) is 21.8 Å². The normalized spacial score (nSPS) is 32.5. The molecule has 8 saturated carbocycles. The van der Waals surface area contributed by atoms with Crippen LogP contribution in [0, 0.1) is 122 Å². The lowest BCUT2D eigenvalue weighted by atomic mass is 9.42. The van der Waals surface area contributed by atoms with Gasteiger partial charge in [-0.05, 0) is 293 Å². The number of ether oxygens (including phenoxy) is 11. The fraction of sp³-hybridized carbons (Fsp3) is 0.667. The monoisotopic (exact) mass is 1830 g/mol.